The van der Waals surface area contributed by atoms with Gasteiger partial charge in [-0.3, -0.25) is 4.79 Å². The van der Waals surface area contributed by atoms with Crippen LogP contribution in [0, 0.1) is 0 Å². The van der Waals surface area contributed by atoms with Crippen molar-refractivity contribution >= 4 is 6.29 Å². The number of fused-ring (bicyclic) bond motifs is 1. The summed E-state index contributed by atoms with van der Waals surface area (Å²) in [5.74, 6) is 1.80. The van der Waals surface area contributed by atoms with Crippen molar-refractivity contribution in [3.05, 3.63) is 53.1 Å². The SMILES string of the molecule is COc1cc(OCc2ccccc2)c(C=O)c2c1OCC2. The molecule has 1 aliphatic rings. The quantitative estimate of drug-likeness (QED) is 0.792. The molecule has 0 aromatic heterocycles. The molecule has 0 amide bonds. The number of methoxy groups -OCH3 is 1. The van der Waals surface area contributed by atoms with Gasteiger partial charge in [-0.2, -0.15) is 0 Å². The van der Waals surface area contributed by atoms with Gasteiger partial charge in [0.15, 0.2) is 17.8 Å². The maximum atomic E-state index is 11.4. The van der Waals surface area contributed by atoms with Crippen molar-refractivity contribution in [2.75, 3.05) is 13.7 Å². The minimum absolute atomic E-state index is 0.407. The van der Waals surface area contributed by atoms with E-state index in [-0.39, 0.29) is 0 Å². The summed E-state index contributed by atoms with van der Waals surface area (Å²) in [4.78, 5) is 11.4. The molecule has 0 aliphatic carbocycles. The number of hydrogen-bond acceptors (Lipinski definition) is 4. The molecule has 2 aromatic rings. The van der Waals surface area contributed by atoms with E-state index in [4.69, 9.17) is 14.2 Å². The first-order valence-electron chi connectivity index (χ1n) is 6.82. The standard InChI is InChI=1S/C17H16O4/c1-19-16-9-15(21-11-12-5-3-2-4-6-12)14(10-18)13-7-8-20-17(13)16/h2-6,9-10H,7-8,11H2,1H3. The van der Waals surface area contributed by atoms with Gasteiger partial charge in [0.1, 0.15) is 12.4 Å². The van der Waals surface area contributed by atoms with Crippen molar-refractivity contribution in [2.45, 2.75) is 13.0 Å². The molecule has 21 heavy (non-hydrogen) atoms. The van der Waals surface area contributed by atoms with E-state index < -0.39 is 0 Å². The molecular weight excluding hydrogens is 268 g/mol. The molecule has 0 saturated carbocycles. The molecule has 0 saturated heterocycles. The third-order valence-electron chi connectivity index (χ3n) is 3.52. The van der Waals surface area contributed by atoms with Crippen LogP contribution in [0.1, 0.15) is 21.5 Å². The van der Waals surface area contributed by atoms with Crippen molar-refractivity contribution in [3.63, 3.8) is 0 Å². The van der Waals surface area contributed by atoms with Crippen molar-refractivity contribution in [3.8, 4) is 17.2 Å². The maximum absolute atomic E-state index is 11.4. The van der Waals surface area contributed by atoms with Gasteiger partial charge in [0.05, 0.1) is 19.3 Å². The molecule has 3 rings (SSSR count). The molecule has 108 valence electrons. The van der Waals surface area contributed by atoms with Crippen LogP contribution in [0.15, 0.2) is 36.4 Å². The third-order valence-corrected chi connectivity index (χ3v) is 3.52. The Morgan fingerprint density at radius 1 is 1.24 bits per heavy atom. The highest BCUT2D eigenvalue weighted by Crippen LogP contribution is 2.42. The number of aldehydes is 1. The fourth-order valence-electron chi connectivity index (χ4n) is 2.48. The summed E-state index contributed by atoms with van der Waals surface area (Å²) in [6.45, 7) is 0.971. The zero-order valence-corrected chi connectivity index (χ0v) is 11.8. The average molecular weight is 284 g/mol. The molecule has 4 nitrogen and oxygen atoms in total. The molecule has 0 fully saturated rings. The predicted octanol–water partition coefficient (Wildman–Crippen LogP) is 3.02. The van der Waals surface area contributed by atoms with E-state index in [2.05, 4.69) is 0 Å². The first-order chi connectivity index (χ1) is 10.3. The lowest BCUT2D eigenvalue weighted by Gasteiger charge is -2.14. The molecule has 0 bridgehead atoms. The molecule has 1 aliphatic heterocycles. The molecule has 0 radical (unpaired) electrons. The summed E-state index contributed by atoms with van der Waals surface area (Å²) in [5.41, 5.74) is 2.47. The summed E-state index contributed by atoms with van der Waals surface area (Å²) in [7, 11) is 1.58. The summed E-state index contributed by atoms with van der Waals surface area (Å²) < 4.78 is 16.7. The minimum atomic E-state index is 0.407. The Hall–Kier alpha value is -2.49. The lowest BCUT2D eigenvalue weighted by atomic mass is 10.0. The van der Waals surface area contributed by atoms with Crippen LogP contribution in [-0.4, -0.2) is 20.0 Å². The fraction of sp³-hybridized carbons (Fsp3) is 0.235. The lowest BCUT2D eigenvalue weighted by Crippen LogP contribution is -2.01. The predicted molar refractivity (Wildman–Crippen MR) is 78.4 cm³/mol. The van der Waals surface area contributed by atoms with Gasteiger partial charge in [0.2, 0.25) is 0 Å². The Kier molecular flexibility index (Phi) is 3.77. The van der Waals surface area contributed by atoms with E-state index in [9.17, 15) is 4.79 Å². The second-order valence-electron chi connectivity index (χ2n) is 4.79. The summed E-state index contributed by atoms with van der Waals surface area (Å²) >= 11 is 0. The van der Waals surface area contributed by atoms with Gasteiger partial charge < -0.3 is 14.2 Å². The zero-order valence-electron chi connectivity index (χ0n) is 11.8. The summed E-state index contributed by atoms with van der Waals surface area (Å²) in [6, 6.07) is 11.5. The second-order valence-corrected chi connectivity index (χ2v) is 4.79. The Labute approximate surface area is 123 Å². The van der Waals surface area contributed by atoms with Crippen molar-refractivity contribution < 1.29 is 19.0 Å². The Morgan fingerprint density at radius 2 is 2.05 bits per heavy atom. The van der Waals surface area contributed by atoms with Crippen LogP contribution in [0.25, 0.3) is 0 Å². The number of carbonyl (C=O) groups is 1. The number of hydrogen-bond donors (Lipinski definition) is 0. The highest BCUT2D eigenvalue weighted by molar-refractivity contribution is 5.85. The largest absolute Gasteiger partial charge is 0.493 e. The second kappa shape index (κ2) is 5.87. The van der Waals surface area contributed by atoms with Crippen LogP contribution < -0.4 is 14.2 Å². The van der Waals surface area contributed by atoms with Gasteiger partial charge in [-0.1, -0.05) is 30.3 Å². The normalized spacial score (nSPS) is 12.4. The van der Waals surface area contributed by atoms with Gasteiger partial charge in [0, 0.05) is 18.1 Å². The Balaban J connectivity index is 1.92. The van der Waals surface area contributed by atoms with E-state index in [1.54, 1.807) is 13.2 Å². The van der Waals surface area contributed by atoms with E-state index in [0.717, 1.165) is 17.4 Å². The Bertz CT molecular complexity index is 650. The van der Waals surface area contributed by atoms with E-state index in [0.29, 0.717) is 42.4 Å². The fourth-order valence-corrected chi connectivity index (χ4v) is 2.48. The van der Waals surface area contributed by atoms with Crippen LogP contribution >= 0.6 is 0 Å². The summed E-state index contributed by atoms with van der Waals surface area (Å²) in [6.07, 6.45) is 1.52. The molecule has 1 heterocycles. The average Bonchev–Trinajstić information content (AvgIpc) is 3.02. The van der Waals surface area contributed by atoms with E-state index in [1.807, 2.05) is 30.3 Å². The molecule has 0 unspecified atom stereocenters. The smallest absolute Gasteiger partial charge is 0.165 e. The molecular formula is C17H16O4. The number of benzene rings is 2. The van der Waals surface area contributed by atoms with Crippen molar-refractivity contribution in [2.24, 2.45) is 0 Å². The van der Waals surface area contributed by atoms with E-state index >= 15 is 0 Å². The van der Waals surface area contributed by atoms with Gasteiger partial charge in [0.25, 0.3) is 0 Å². The number of carbonyl (C=O) groups excluding carboxylic acids is 1. The van der Waals surface area contributed by atoms with Crippen LogP contribution in [0.5, 0.6) is 17.2 Å². The zero-order chi connectivity index (χ0) is 14.7. The van der Waals surface area contributed by atoms with Crippen LogP contribution in [0.3, 0.4) is 0 Å². The first-order valence-corrected chi connectivity index (χ1v) is 6.82. The molecule has 0 spiro atoms. The van der Waals surface area contributed by atoms with Crippen LogP contribution in [0.2, 0.25) is 0 Å². The molecule has 0 atom stereocenters. The number of ether oxygens (including phenoxy) is 3. The highest BCUT2D eigenvalue weighted by atomic mass is 16.5. The van der Waals surface area contributed by atoms with Gasteiger partial charge >= 0.3 is 0 Å². The topological polar surface area (TPSA) is 44.8 Å². The third kappa shape index (κ3) is 2.57. The van der Waals surface area contributed by atoms with Gasteiger partial charge in [-0.15, -0.1) is 0 Å². The molecule has 2 aromatic carbocycles. The minimum Gasteiger partial charge on any atom is -0.493 e. The van der Waals surface area contributed by atoms with Crippen LogP contribution in [0.4, 0.5) is 0 Å². The van der Waals surface area contributed by atoms with E-state index in [1.165, 1.54) is 0 Å². The monoisotopic (exact) mass is 284 g/mol. The van der Waals surface area contributed by atoms with Gasteiger partial charge in [-0.05, 0) is 5.56 Å². The molecule has 0 N–H and O–H groups in total. The summed E-state index contributed by atoms with van der Waals surface area (Å²) in [5, 5.41) is 0. The Morgan fingerprint density at radius 3 is 2.76 bits per heavy atom. The maximum Gasteiger partial charge on any atom is 0.165 e. The lowest BCUT2D eigenvalue weighted by molar-refractivity contribution is 0.111. The highest BCUT2D eigenvalue weighted by Gasteiger charge is 2.24. The van der Waals surface area contributed by atoms with Gasteiger partial charge in [-0.25, -0.2) is 0 Å². The molecule has 4 heteroatoms. The first kappa shape index (κ1) is 13.5. The van der Waals surface area contributed by atoms with Crippen LogP contribution in [-0.2, 0) is 13.0 Å². The number of rotatable bonds is 5. The van der Waals surface area contributed by atoms with Crippen molar-refractivity contribution in [1.82, 2.24) is 0 Å². The van der Waals surface area contributed by atoms with Crippen molar-refractivity contribution in [1.29, 1.82) is 0 Å².